The molecule has 2 saturated heterocycles. The van der Waals surface area contributed by atoms with E-state index in [1.54, 1.807) is 7.05 Å². The normalized spacial score (nSPS) is 19.7. The van der Waals surface area contributed by atoms with Crippen molar-refractivity contribution >= 4 is 11.7 Å². The van der Waals surface area contributed by atoms with Gasteiger partial charge in [-0.2, -0.15) is 0 Å². The predicted molar refractivity (Wildman–Crippen MR) is 139 cm³/mol. The number of nitrogens with one attached hydrogen (secondary N) is 1. The van der Waals surface area contributed by atoms with Gasteiger partial charge < -0.3 is 10.2 Å². The first-order valence-corrected chi connectivity index (χ1v) is 12.8. The molecule has 2 fully saturated rings. The highest BCUT2D eigenvalue weighted by Gasteiger charge is 2.28. The first kappa shape index (κ1) is 25.2. The molecule has 4 rings (SSSR count). The Morgan fingerprint density at radius 3 is 2.49 bits per heavy atom. The van der Waals surface area contributed by atoms with E-state index in [-0.39, 0.29) is 23.1 Å². The zero-order chi connectivity index (χ0) is 25.1. The summed E-state index contributed by atoms with van der Waals surface area (Å²) in [6.45, 7) is 9.42. The Kier molecular flexibility index (Phi) is 7.79. The summed E-state index contributed by atoms with van der Waals surface area (Å²) in [6, 6.07) is 8.16. The Hall–Kier alpha value is -2.87. The van der Waals surface area contributed by atoms with Gasteiger partial charge in [0.1, 0.15) is 5.82 Å². The van der Waals surface area contributed by atoms with E-state index in [0.717, 1.165) is 63.0 Å². The van der Waals surface area contributed by atoms with Crippen LogP contribution in [0.1, 0.15) is 42.4 Å². The maximum atomic E-state index is 13.0. The third kappa shape index (κ3) is 5.86. The fourth-order valence-electron chi connectivity index (χ4n) is 5.37. The van der Waals surface area contributed by atoms with Gasteiger partial charge in [-0.3, -0.25) is 23.6 Å². The number of hydrogen-bond acceptors (Lipinski definition) is 5. The highest BCUT2D eigenvalue weighted by atomic mass is 16.2. The summed E-state index contributed by atoms with van der Waals surface area (Å²) in [5.41, 5.74) is 3.40. The molecule has 1 aromatic heterocycles. The van der Waals surface area contributed by atoms with E-state index in [0.29, 0.717) is 18.3 Å². The molecule has 35 heavy (non-hydrogen) atoms. The van der Waals surface area contributed by atoms with Crippen LogP contribution in [0, 0.1) is 25.7 Å². The van der Waals surface area contributed by atoms with E-state index in [9.17, 15) is 14.4 Å². The van der Waals surface area contributed by atoms with Crippen molar-refractivity contribution in [3.8, 4) is 0 Å². The third-order valence-electron chi connectivity index (χ3n) is 7.79. The van der Waals surface area contributed by atoms with E-state index in [1.165, 1.54) is 34.4 Å². The highest BCUT2D eigenvalue weighted by molar-refractivity contribution is 5.79. The van der Waals surface area contributed by atoms with Crippen molar-refractivity contribution in [1.82, 2.24) is 19.4 Å². The fourth-order valence-corrected chi connectivity index (χ4v) is 5.37. The van der Waals surface area contributed by atoms with Gasteiger partial charge in [0.15, 0.2) is 0 Å². The van der Waals surface area contributed by atoms with Crippen molar-refractivity contribution in [1.29, 1.82) is 0 Å². The lowest BCUT2D eigenvalue weighted by molar-refractivity contribution is -0.125. The lowest BCUT2D eigenvalue weighted by Gasteiger charge is -2.35. The van der Waals surface area contributed by atoms with Gasteiger partial charge in [-0.05, 0) is 69.7 Å². The Labute approximate surface area is 207 Å². The molecule has 0 radical (unpaired) electrons. The van der Waals surface area contributed by atoms with E-state index in [2.05, 4.69) is 42.3 Å². The number of hydrogen-bond donors (Lipinski definition) is 1. The molecule has 1 N–H and O–H groups in total. The van der Waals surface area contributed by atoms with Crippen LogP contribution in [-0.4, -0.2) is 52.7 Å². The first-order valence-electron chi connectivity index (χ1n) is 12.8. The largest absolute Gasteiger partial charge is 0.357 e. The van der Waals surface area contributed by atoms with E-state index < -0.39 is 0 Å². The SMILES string of the molecule is Cc1ccc(C)c(CN2CCC(CNC(=O)[C@H]3CCCN(c4cc(=O)n(C)c(=O)n4C)C3)CC2)c1. The van der Waals surface area contributed by atoms with Crippen LogP contribution < -0.4 is 21.5 Å². The van der Waals surface area contributed by atoms with E-state index in [4.69, 9.17) is 0 Å². The Balaban J connectivity index is 1.27. The zero-order valence-corrected chi connectivity index (χ0v) is 21.5. The molecule has 0 saturated carbocycles. The number of rotatable bonds is 6. The van der Waals surface area contributed by atoms with Crippen molar-refractivity contribution in [2.24, 2.45) is 25.9 Å². The number of anilines is 1. The van der Waals surface area contributed by atoms with Crippen LogP contribution in [0.15, 0.2) is 33.9 Å². The van der Waals surface area contributed by atoms with Gasteiger partial charge in [0.2, 0.25) is 5.91 Å². The molecule has 0 aliphatic carbocycles. The minimum absolute atomic E-state index is 0.0846. The minimum Gasteiger partial charge on any atom is -0.357 e. The average Bonchev–Trinajstić information content (AvgIpc) is 2.86. The number of aryl methyl sites for hydroxylation is 2. The quantitative estimate of drug-likeness (QED) is 0.682. The molecule has 0 unspecified atom stereocenters. The van der Waals surface area contributed by atoms with Crippen LogP contribution in [0.3, 0.4) is 0 Å². The number of likely N-dealkylation sites (tertiary alicyclic amines) is 1. The summed E-state index contributed by atoms with van der Waals surface area (Å²) >= 11 is 0. The Morgan fingerprint density at radius 1 is 1.00 bits per heavy atom. The summed E-state index contributed by atoms with van der Waals surface area (Å²) in [7, 11) is 3.16. The summed E-state index contributed by atoms with van der Waals surface area (Å²) in [5, 5.41) is 3.20. The Morgan fingerprint density at radius 2 is 1.74 bits per heavy atom. The number of benzene rings is 1. The monoisotopic (exact) mass is 481 g/mol. The van der Waals surface area contributed by atoms with Crippen LogP contribution in [0.2, 0.25) is 0 Å². The molecule has 1 aromatic carbocycles. The maximum Gasteiger partial charge on any atom is 0.332 e. The third-order valence-corrected chi connectivity index (χ3v) is 7.79. The predicted octanol–water partition coefficient (Wildman–Crippen LogP) is 1.95. The summed E-state index contributed by atoms with van der Waals surface area (Å²) < 4.78 is 2.60. The number of piperidine rings is 2. The lowest BCUT2D eigenvalue weighted by Crippen LogP contribution is -2.47. The molecule has 3 heterocycles. The molecule has 0 bridgehead atoms. The van der Waals surface area contributed by atoms with Gasteiger partial charge >= 0.3 is 5.69 Å². The molecule has 0 spiro atoms. The summed E-state index contributed by atoms with van der Waals surface area (Å²) in [6.07, 6.45) is 3.88. The standard InChI is InChI=1S/C27H39N5O3/c1-19-7-8-20(2)23(14-19)17-31-12-9-21(10-13-31)16-28-26(34)22-6-5-11-32(18-22)24-15-25(33)30(4)27(35)29(24)3/h7-8,14-15,21-22H,5-6,9-13,16-18H2,1-4H3,(H,28,34)/t22-/m0/s1. The fraction of sp³-hybridized carbons (Fsp3) is 0.593. The smallest absolute Gasteiger partial charge is 0.332 e. The second kappa shape index (κ2) is 10.8. The van der Waals surface area contributed by atoms with Gasteiger partial charge in [0.05, 0.1) is 5.92 Å². The van der Waals surface area contributed by atoms with Crippen LogP contribution in [0.25, 0.3) is 0 Å². The van der Waals surface area contributed by atoms with Gasteiger partial charge in [-0.25, -0.2) is 4.79 Å². The molecule has 2 aliphatic rings. The van der Waals surface area contributed by atoms with Crippen LogP contribution in [0.4, 0.5) is 5.82 Å². The molecule has 8 nitrogen and oxygen atoms in total. The van der Waals surface area contributed by atoms with Crippen molar-refractivity contribution in [3.05, 3.63) is 61.8 Å². The number of carbonyl (C=O) groups excluding carboxylic acids is 1. The molecular formula is C27H39N5O3. The summed E-state index contributed by atoms with van der Waals surface area (Å²) in [5.74, 6) is 1.05. The van der Waals surface area contributed by atoms with E-state index >= 15 is 0 Å². The molecule has 8 heteroatoms. The van der Waals surface area contributed by atoms with Crippen molar-refractivity contribution in [3.63, 3.8) is 0 Å². The molecule has 2 aliphatic heterocycles. The van der Waals surface area contributed by atoms with Crippen molar-refractivity contribution < 1.29 is 4.79 Å². The van der Waals surface area contributed by atoms with Crippen LogP contribution in [0.5, 0.6) is 0 Å². The van der Waals surface area contributed by atoms with Gasteiger partial charge in [0.25, 0.3) is 5.56 Å². The van der Waals surface area contributed by atoms with Crippen LogP contribution >= 0.6 is 0 Å². The zero-order valence-electron chi connectivity index (χ0n) is 21.5. The van der Waals surface area contributed by atoms with Crippen LogP contribution in [-0.2, 0) is 25.4 Å². The average molecular weight is 482 g/mol. The summed E-state index contributed by atoms with van der Waals surface area (Å²) in [4.78, 5) is 42.0. The van der Waals surface area contributed by atoms with Gasteiger partial charge in [0, 0.05) is 46.3 Å². The maximum absolute atomic E-state index is 13.0. The lowest BCUT2D eigenvalue weighted by atomic mass is 9.94. The number of carbonyl (C=O) groups is 1. The molecule has 1 amide bonds. The number of nitrogens with zero attached hydrogens (tertiary/aromatic N) is 4. The molecule has 190 valence electrons. The topological polar surface area (TPSA) is 79.6 Å². The highest BCUT2D eigenvalue weighted by Crippen LogP contribution is 2.23. The first-order chi connectivity index (χ1) is 16.7. The molecular weight excluding hydrogens is 442 g/mol. The minimum atomic E-state index is -0.344. The molecule has 1 atom stereocenters. The van der Waals surface area contributed by atoms with Gasteiger partial charge in [-0.15, -0.1) is 0 Å². The van der Waals surface area contributed by atoms with E-state index in [1.807, 2.05) is 4.90 Å². The number of amides is 1. The molecule has 2 aromatic rings. The van der Waals surface area contributed by atoms with Crippen molar-refractivity contribution in [2.45, 2.75) is 46.1 Å². The van der Waals surface area contributed by atoms with Crippen molar-refractivity contribution in [2.75, 3.05) is 37.6 Å². The number of aromatic nitrogens is 2. The second-order valence-electron chi connectivity index (χ2n) is 10.4. The Bertz CT molecular complexity index is 1180. The second-order valence-corrected chi connectivity index (χ2v) is 10.4. The van der Waals surface area contributed by atoms with Gasteiger partial charge in [-0.1, -0.05) is 23.8 Å².